The maximum absolute atomic E-state index is 11.9. The van der Waals surface area contributed by atoms with Gasteiger partial charge in [0.05, 0.1) is 12.9 Å². The Morgan fingerprint density at radius 1 is 1.45 bits per heavy atom. The highest BCUT2D eigenvalue weighted by molar-refractivity contribution is 8.13. The van der Waals surface area contributed by atoms with E-state index in [-0.39, 0.29) is 5.30 Å². The predicted molar refractivity (Wildman–Crippen MR) is 90.7 cm³/mol. The van der Waals surface area contributed by atoms with Crippen LogP contribution in [0.15, 0.2) is 36.9 Å². The van der Waals surface area contributed by atoms with Gasteiger partial charge in [0, 0.05) is 33.8 Å². The molecule has 0 aliphatic rings. The van der Waals surface area contributed by atoms with Gasteiger partial charge in [0.25, 0.3) is 0 Å². The number of rotatable bonds is 6. The molecule has 118 valence electrons. The molecule has 7 heteroatoms. The summed E-state index contributed by atoms with van der Waals surface area (Å²) in [7, 11) is 0. The van der Waals surface area contributed by atoms with Crippen molar-refractivity contribution in [2.45, 2.75) is 26.0 Å². The van der Waals surface area contributed by atoms with Gasteiger partial charge in [-0.15, -0.1) is 0 Å². The molecule has 0 bridgehead atoms. The number of halogens is 2. The minimum Gasteiger partial charge on any atom is -0.447 e. The van der Waals surface area contributed by atoms with E-state index in [0.29, 0.717) is 16.6 Å². The minimum absolute atomic E-state index is 0.307. The summed E-state index contributed by atoms with van der Waals surface area (Å²) in [5.74, 6) is 0.727. The number of aromatic nitrogens is 2. The van der Waals surface area contributed by atoms with E-state index in [2.05, 4.69) is 4.98 Å². The van der Waals surface area contributed by atoms with Crippen LogP contribution in [0.5, 0.6) is 0 Å². The van der Waals surface area contributed by atoms with Gasteiger partial charge < -0.3 is 9.30 Å². The molecule has 2 rings (SSSR count). The zero-order chi connectivity index (χ0) is 15.9. The normalized spacial score (nSPS) is 12.1. The molecule has 2 aromatic rings. The molecule has 4 nitrogen and oxygen atoms in total. The minimum atomic E-state index is -0.490. The summed E-state index contributed by atoms with van der Waals surface area (Å²) in [6.45, 7) is 2.46. The second-order valence-electron chi connectivity index (χ2n) is 4.63. The molecule has 0 N–H and O–H groups in total. The third kappa shape index (κ3) is 4.93. The number of hydrogen-bond donors (Lipinski definition) is 0. The molecule has 0 aliphatic heterocycles. The first kappa shape index (κ1) is 17.2. The fourth-order valence-corrected chi connectivity index (χ4v) is 2.97. The number of benzene rings is 1. The Labute approximate surface area is 143 Å². The van der Waals surface area contributed by atoms with Crippen LogP contribution in [-0.2, 0) is 11.3 Å². The molecule has 1 atom stereocenters. The molecule has 0 fully saturated rings. The SMILES string of the molecule is CCCSC(=O)OC(Cn1ccnc1)c1ccc(Cl)cc1Cl. The van der Waals surface area contributed by atoms with Crippen molar-refractivity contribution in [2.75, 3.05) is 5.75 Å². The summed E-state index contributed by atoms with van der Waals surface area (Å²) < 4.78 is 7.42. The lowest BCUT2D eigenvalue weighted by atomic mass is 10.1. The van der Waals surface area contributed by atoms with Crippen LogP contribution >= 0.6 is 35.0 Å². The Hall–Kier alpha value is -1.17. The van der Waals surface area contributed by atoms with Gasteiger partial charge >= 0.3 is 5.30 Å². The van der Waals surface area contributed by atoms with E-state index < -0.39 is 6.10 Å². The quantitative estimate of drug-likeness (QED) is 0.664. The fraction of sp³-hybridized carbons (Fsp3) is 0.333. The first-order valence-corrected chi connectivity index (χ1v) is 8.58. The van der Waals surface area contributed by atoms with Gasteiger partial charge in [-0.25, -0.2) is 9.78 Å². The van der Waals surface area contributed by atoms with E-state index in [1.54, 1.807) is 30.7 Å². The lowest BCUT2D eigenvalue weighted by molar-refractivity contribution is 0.111. The van der Waals surface area contributed by atoms with E-state index in [1.807, 2.05) is 17.7 Å². The highest BCUT2D eigenvalue weighted by Crippen LogP contribution is 2.31. The van der Waals surface area contributed by atoms with Crippen molar-refractivity contribution in [1.82, 2.24) is 9.55 Å². The van der Waals surface area contributed by atoms with Crippen LogP contribution in [0.4, 0.5) is 4.79 Å². The Morgan fingerprint density at radius 2 is 2.27 bits per heavy atom. The molecule has 1 unspecified atom stereocenters. The summed E-state index contributed by atoms with van der Waals surface area (Å²) in [6.07, 6.45) is 5.58. The number of ether oxygens (including phenoxy) is 1. The van der Waals surface area contributed by atoms with Gasteiger partial charge in [-0.1, -0.05) is 36.2 Å². The molecule has 1 aromatic heterocycles. The number of nitrogens with zero attached hydrogens (tertiary/aromatic N) is 2. The van der Waals surface area contributed by atoms with E-state index in [9.17, 15) is 4.79 Å². The molecule has 0 aliphatic carbocycles. The lowest BCUT2D eigenvalue weighted by Gasteiger charge is -2.19. The van der Waals surface area contributed by atoms with E-state index in [0.717, 1.165) is 17.7 Å². The number of imidazole rings is 1. The largest absolute Gasteiger partial charge is 0.447 e. The van der Waals surface area contributed by atoms with Crippen molar-refractivity contribution < 1.29 is 9.53 Å². The molecular weight excluding hydrogens is 343 g/mol. The Kier molecular flexibility index (Phi) is 6.61. The maximum atomic E-state index is 11.9. The van der Waals surface area contributed by atoms with Gasteiger partial charge in [0.15, 0.2) is 0 Å². The van der Waals surface area contributed by atoms with Crippen LogP contribution in [0.25, 0.3) is 0 Å². The zero-order valence-electron chi connectivity index (χ0n) is 12.0. The summed E-state index contributed by atoms with van der Waals surface area (Å²) in [5, 5.41) is 0.714. The van der Waals surface area contributed by atoms with Crippen LogP contribution in [0.2, 0.25) is 10.0 Å². The Bertz CT molecular complexity index is 620. The standard InChI is InChI=1S/C15H16Cl2N2O2S/c1-2-7-22-15(20)21-14(9-19-6-5-18-10-19)12-4-3-11(16)8-13(12)17/h3-6,8,10,14H,2,7,9H2,1H3. The van der Waals surface area contributed by atoms with Crippen LogP contribution < -0.4 is 0 Å². The highest BCUT2D eigenvalue weighted by Gasteiger charge is 2.20. The average Bonchev–Trinajstić information content (AvgIpc) is 2.97. The summed E-state index contributed by atoms with van der Waals surface area (Å²) in [6, 6.07) is 5.16. The van der Waals surface area contributed by atoms with Gasteiger partial charge in [0.1, 0.15) is 6.10 Å². The van der Waals surface area contributed by atoms with Crippen LogP contribution in [-0.4, -0.2) is 20.6 Å². The molecule has 1 aromatic carbocycles. The number of hydrogen-bond acceptors (Lipinski definition) is 4. The van der Waals surface area contributed by atoms with Gasteiger partial charge in [-0.2, -0.15) is 0 Å². The van der Waals surface area contributed by atoms with Gasteiger partial charge in [-0.3, -0.25) is 0 Å². The number of carbonyl (C=O) groups is 1. The van der Waals surface area contributed by atoms with E-state index in [1.165, 1.54) is 11.8 Å². The van der Waals surface area contributed by atoms with Gasteiger partial charge in [0.2, 0.25) is 0 Å². The average molecular weight is 359 g/mol. The predicted octanol–water partition coefficient (Wildman–Crippen LogP) is 5.21. The molecule has 0 saturated heterocycles. The third-order valence-electron chi connectivity index (χ3n) is 2.91. The Morgan fingerprint density at radius 3 is 2.91 bits per heavy atom. The van der Waals surface area contributed by atoms with Crippen molar-refractivity contribution in [1.29, 1.82) is 0 Å². The van der Waals surface area contributed by atoms with Crippen LogP contribution in [0.3, 0.4) is 0 Å². The van der Waals surface area contributed by atoms with Crippen molar-refractivity contribution in [3.8, 4) is 0 Å². The Balaban J connectivity index is 2.18. The lowest BCUT2D eigenvalue weighted by Crippen LogP contribution is -2.14. The number of carbonyl (C=O) groups excluding carboxylic acids is 1. The van der Waals surface area contributed by atoms with Gasteiger partial charge in [-0.05, 0) is 30.3 Å². The molecule has 0 spiro atoms. The second-order valence-corrected chi connectivity index (χ2v) is 6.50. The first-order chi connectivity index (χ1) is 10.6. The topological polar surface area (TPSA) is 44.1 Å². The zero-order valence-corrected chi connectivity index (χ0v) is 14.4. The monoisotopic (exact) mass is 358 g/mol. The van der Waals surface area contributed by atoms with Crippen molar-refractivity contribution in [3.05, 3.63) is 52.5 Å². The fourth-order valence-electron chi connectivity index (χ4n) is 1.88. The van der Waals surface area contributed by atoms with E-state index >= 15 is 0 Å². The van der Waals surface area contributed by atoms with Crippen molar-refractivity contribution >= 4 is 40.3 Å². The summed E-state index contributed by atoms with van der Waals surface area (Å²) in [4.78, 5) is 15.9. The summed E-state index contributed by atoms with van der Waals surface area (Å²) in [5.41, 5.74) is 0.727. The number of thioether (sulfide) groups is 1. The highest BCUT2D eigenvalue weighted by atomic mass is 35.5. The molecule has 0 amide bonds. The molecular formula is C15H16Cl2N2O2S. The van der Waals surface area contributed by atoms with Crippen molar-refractivity contribution in [2.24, 2.45) is 0 Å². The molecule has 0 radical (unpaired) electrons. The summed E-state index contributed by atoms with van der Waals surface area (Å²) >= 11 is 13.3. The van der Waals surface area contributed by atoms with Crippen LogP contribution in [0, 0.1) is 0 Å². The molecule has 1 heterocycles. The second kappa shape index (κ2) is 8.46. The first-order valence-electron chi connectivity index (χ1n) is 6.84. The third-order valence-corrected chi connectivity index (χ3v) is 4.41. The van der Waals surface area contributed by atoms with E-state index in [4.69, 9.17) is 27.9 Å². The maximum Gasteiger partial charge on any atom is 0.367 e. The molecule has 22 heavy (non-hydrogen) atoms. The smallest absolute Gasteiger partial charge is 0.367 e. The molecule has 0 saturated carbocycles. The van der Waals surface area contributed by atoms with Crippen LogP contribution in [0.1, 0.15) is 25.0 Å². The van der Waals surface area contributed by atoms with Crippen molar-refractivity contribution in [3.63, 3.8) is 0 Å².